The molecule has 0 unspecified atom stereocenters. The van der Waals surface area contributed by atoms with Crippen molar-refractivity contribution >= 4 is 5.97 Å². The summed E-state index contributed by atoms with van der Waals surface area (Å²) in [6.45, 7) is 9.12. The fourth-order valence-electron chi connectivity index (χ4n) is 2.74. The van der Waals surface area contributed by atoms with Crippen molar-refractivity contribution in [2.45, 2.75) is 98.3 Å². The van der Waals surface area contributed by atoms with Crippen molar-refractivity contribution in [1.29, 1.82) is 0 Å². The molecule has 0 aliphatic carbocycles. The van der Waals surface area contributed by atoms with Crippen LogP contribution < -0.4 is 0 Å². The molecule has 0 fully saturated rings. The molecule has 120 valence electrons. The molecule has 0 amide bonds. The Balaban J connectivity index is 3.61. The number of carbonyl (C=O) groups is 1. The van der Waals surface area contributed by atoms with Crippen LogP contribution >= 0.6 is 0 Å². The molecule has 0 rings (SSSR count). The van der Waals surface area contributed by atoms with E-state index in [0.717, 1.165) is 25.7 Å². The quantitative estimate of drug-likeness (QED) is 0.311. The molecule has 0 saturated heterocycles. The molecule has 20 heavy (non-hydrogen) atoms. The number of rotatable bonds is 13. The van der Waals surface area contributed by atoms with Gasteiger partial charge in [0.05, 0.1) is 12.0 Å². The summed E-state index contributed by atoms with van der Waals surface area (Å²) in [6.07, 6.45) is 12.9. The molecule has 0 saturated carbocycles. The van der Waals surface area contributed by atoms with Crippen molar-refractivity contribution in [1.82, 2.24) is 0 Å². The van der Waals surface area contributed by atoms with Crippen molar-refractivity contribution in [3.63, 3.8) is 0 Å². The third-order valence-corrected chi connectivity index (χ3v) is 4.69. The Kier molecular flexibility index (Phi) is 11.9. The Bertz CT molecular complexity index is 223. The number of hydrogen-bond acceptors (Lipinski definition) is 2. The van der Waals surface area contributed by atoms with E-state index >= 15 is 0 Å². The molecular weight excluding hydrogens is 248 g/mol. The van der Waals surface area contributed by atoms with E-state index in [0.29, 0.717) is 6.61 Å². The van der Waals surface area contributed by atoms with Crippen LogP contribution in [-0.2, 0) is 9.53 Å². The summed E-state index contributed by atoms with van der Waals surface area (Å²) in [5.41, 5.74) is -0.236. The SMILES string of the molecule is CCCCCCCCCCOC(=O)C(CC)(CC)CC. The first-order valence-corrected chi connectivity index (χ1v) is 8.84. The Morgan fingerprint density at radius 2 is 1.20 bits per heavy atom. The predicted octanol–water partition coefficient (Wildman–Crippen LogP) is 5.89. The van der Waals surface area contributed by atoms with Crippen LogP contribution in [0.2, 0.25) is 0 Å². The number of carbonyl (C=O) groups excluding carboxylic acids is 1. The molecule has 0 atom stereocenters. The second-order valence-electron chi connectivity index (χ2n) is 5.95. The van der Waals surface area contributed by atoms with Crippen molar-refractivity contribution in [2.24, 2.45) is 5.41 Å². The van der Waals surface area contributed by atoms with Crippen molar-refractivity contribution < 1.29 is 9.53 Å². The van der Waals surface area contributed by atoms with Gasteiger partial charge in [0, 0.05) is 0 Å². The smallest absolute Gasteiger partial charge is 0.312 e. The molecule has 2 heteroatoms. The van der Waals surface area contributed by atoms with E-state index in [1.165, 1.54) is 44.9 Å². The van der Waals surface area contributed by atoms with Crippen molar-refractivity contribution in [2.75, 3.05) is 6.61 Å². The molecule has 0 heterocycles. The minimum atomic E-state index is -0.236. The first kappa shape index (κ1) is 19.5. The normalized spacial score (nSPS) is 11.6. The maximum Gasteiger partial charge on any atom is 0.312 e. The first-order valence-electron chi connectivity index (χ1n) is 8.84. The van der Waals surface area contributed by atoms with E-state index in [-0.39, 0.29) is 11.4 Å². The summed E-state index contributed by atoms with van der Waals surface area (Å²) >= 11 is 0. The molecule has 0 spiro atoms. The van der Waals surface area contributed by atoms with Gasteiger partial charge in [0.25, 0.3) is 0 Å². The molecule has 0 bridgehead atoms. The average molecular weight is 284 g/mol. The molecule has 0 aromatic rings. The summed E-state index contributed by atoms with van der Waals surface area (Å²) in [5.74, 6) is 0.0212. The fraction of sp³-hybridized carbons (Fsp3) is 0.944. The van der Waals surface area contributed by atoms with Crippen LogP contribution in [-0.4, -0.2) is 12.6 Å². The Labute approximate surface area is 126 Å². The second-order valence-corrected chi connectivity index (χ2v) is 5.95. The number of unbranched alkanes of at least 4 members (excludes halogenated alkanes) is 7. The highest BCUT2D eigenvalue weighted by Crippen LogP contribution is 2.31. The third-order valence-electron chi connectivity index (χ3n) is 4.69. The highest BCUT2D eigenvalue weighted by Gasteiger charge is 2.34. The predicted molar refractivity (Wildman–Crippen MR) is 86.9 cm³/mol. The van der Waals surface area contributed by atoms with Gasteiger partial charge in [0.1, 0.15) is 0 Å². The van der Waals surface area contributed by atoms with E-state index in [4.69, 9.17) is 4.74 Å². The Morgan fingerprint density at radius 1 is 0.750 bits per heavy atom. The number of hydrogen-bond donors (Lipinski definition) is 0. The van der Waals surface area contributed by atoms with Gasteiger partial charge in [0.2, 0.25) is 0 Å². The molecule has 0 aromatic heterocycles. The topological polar surface area (TPSA) is 26.3 Å². The Hall–Kier alpha value is -0.530. The summed E-state index contributed by atoms with van der Waals surface area (Å²) in [6, 6.07) is 0. The second kappa shape index (κ2) is 12.2. The van der Waals surface area contributed by atoms with Gasteiger partial charge >= 0.3 is 5.97 Å². The zero-order chi connectivity index (χ0) is 15.3. The molecule has 0 radical (unpaired) electrons. The molecule has 2 nitrogen and oxygen atoms in total. The minimum absolute atomic E-state index is 0.0212. The molecule has 0 N–H and O–H groups in total. The van der Waals surface area contributed by atoms with Crippen LogP contribution in [0.5, 0.6) is 0 Å². The number of esters is 1. The maximum absolute atomic E-state index is 12.1. The highest BCUT2D eigenvalue weighted by atomic mass is 16.5. The summed E-state index contributed by atoms with van der Waals surface area (Å²) < 4.78 is 5.49. The monoisotopic (exact) mass is 284 g/mol. The van der Waals surface area contributed by atoms with Gasteiger partial charge in [-0.25, -0.2) is 0 Å². The molecule has 0 aliphatic rings. The lowest BCUT2D eigenvalue weighted by Gasteiger charge is -2.27. The van der Waals surface area contributed by atoms with E-state index < -0.39 is 0 Å². The maximum atomic E-state index is 12.1. The average Bonchev–Trinajstić information content (AvgIpc) is 2.48. The highest BCUT2D eigenvalue weighted by molar-refractivity contribution is 5.76. The number of ether oxygens (including phenoxy) is 1. The van der Waals surface area contributed by atoms with Crippen molar-refractivity contribution in [3.05, 3.63) is 0 Å². The van der Waals surface area contributed by atoms with Crippen LogP contribution in [0.1, 0.15) is 98.3 Å². The summed E-state index contributed by atoms with van der Waals surface area (Å²) in [4.78, 5) is 12.1. The van der Waals surface area contributed by atoms with E-state index in [2.05, 4.69) is 27.7 Å². The van der Waals surface area contributed by atoms with Gasteiger partial charge in [-0.05, 0) is 25.7 Å². The fourth-order valence-corrected chi connectivity index (χ4v) is 2.74. The van der Waals surface area contributed by atoms with Crippen LogP contribution in [0, 0.1) is 5.41 Å². The van der Waals surface area contributed by atoms with Gasteiger partial charge in [-0.2, -0.15) is 0 Å². The minimum Gasteiger partial charge on any atom is -0.465 e. The van der Waals surface area contributed by atoms with Gasteiger partial charge in [-0.15, -0.1) is 0 Å². The van der Waals surface area contributed by atoms with E-state index in [1.807, 2.05) is 0 Å². The molecule has 0 aliphatic heterocycles. The van der Waals surface area contributed by atoms with Crippen molar-refractivity contribution in [3.8, 4) is 0 Å². The van der Waals surface area contributed by atoms with Gasteiger partial charge in [-0.3, -0.25) is 4.79 Å². The van der Waals surface area contributed by atoms with Crippen LogP contribution in [0.3, 0.4) is 0 Å². The Morgan fingerprint density at radius 3 is 1.65 bits per heavy atom. The van der Waals surface area contributed by atoms with Gasteiger partial charge < -0.3 is 4.74 Å². The van der Waals surface area contributed by atoms with Gasteiger partial charge in [-0.1, -0.05) is 72.6 Å². The molecule has 0 aromatic carbocycles. The zero-order valence-corrected chi connectivity index (χ0v) is 14.3. The molecular formula is C18H36O2. The third kappa shape index (κ3) is 7.31. The standard InChI is InChI=1S/C18H36O2/c1-5-9-10-11-12-13-14-15-16-20-17(19)18(6-2,7-3)8-4/h5-16H2,1-4H3. The van der Waals surface area contributed by atoms with E-state index in [1.54, 1.807) is 0 Å². The summed E-state index contributed by atoms with van der Waals surface area (Å²) in [7, 11) is 0. The van der Waals surface area contributed by atoms with Crippen LogP contribution in [0.4, 0.5) is 0 Å². The van der Waals surface area contributed by atoms with Gasteiger partial charge in [0.15, 0.2) is 0 Å². The lowest BCUT2D eigenvalue weighted by Crippen LogP contribution is -2.31. The lowest BCUT2D eigenvalue weighted by molar-refractivity contribution is -0.157. The van der Waals surface area contributed by atoms with E-state index in [9.17, 15) is 4.79 Å². The largest absolute Gasteiger partial charge is 0.465 e. The van der Waals surface area contributed by atoms with Crippen LogP contribution in [0.15, 0.2) is 0 Å². The van der Waals surface area contributed by atoms with Crippen LogP contribution in [0.25, 0.3) is 0 Å². The lowest BCUT2D eigenvalue weighted by atomic mass is 9.80. The first-order chi connectivity index (χ1) is 9.66. The summed E-state index contributed by atoms with van der Waals surface area (Å²) in [5, 5.41) is 0. The zero-order valence-electron chi connectivity index (χ0n) is 14.3.